The van der Waals surface area contributed by atoms with Crippen molar-refractivity contribution in [2.45, 2.75) is 6.54 Å². The van der Waals surface area contributed by atoms with Crippen LogP contribution in [0.1, 0.15) is 5.56 Å². The van der Waals surface area contributed by atoms with Gasteiger partial charge in [0.15, 0.2) is 0 Å². The summed E-state index contributed by atoms with van der Waals surface area (Å²) in [6.45, 7) is 0.832. The van der Waals surface area contributed by atoms with Crippen LogP contribution in [0, 0.1) is 0 Å². The molecule has 19 heavy (non-hydrogen) atoms. The summed E-state index contributed by atoms with van der Waals surface area (Å²) >= 11 is 3.60. The van der Waals surface area contributed by atoms with E-state index in [4.69, 9.17) is 0 Å². The molecule has 0 atom stereocenters. The molecule has 0 aliphatic carbocycles. The topological polar surface area (TPSA) is 42.7 Å². The van der Waals surface area contributed by atoms with Crippen molar-refractivity contribution in [3.05, 3.63) is 52.5 Å². The van der Waals surface area contributed by atoms with Gasteiger partial charge in [-0.2, -0.15) is 0 Å². The van der Waals surface area contributed by atoms with Gasteiger partial charge in [-0.15, -0.1) is 5.10 Å². The van der Waals surface area contributed by atoms with Crippen LogP contribution < -0.4 is 5.32 Å². The van der Waals surface area contributed by atoms with Crippen LogP contribution >= 0.6 is 15.9 Å². The lowest BCUT2D eigenvalue weighted by Gasteiger charge is -2.07. The van der Waals surface area contributed by atoms with Crippen molar-refractivity contribution in [1.82, 2.24) is 20.3 Å². The second-order valence-electron chi connectivity index (χ2n) is 4.30. The Balaban J connectivity index is 2.09. The van der Waals surface area contributed by atoms with Crippen molar-refractivity contribution in [1.29, 1.82) is 0 Å². The van der Waals surface area contributed by atoms with E-state index in [0.717, 1.165) is 27.7 Å². The molecule has 96 valence electrons. The van der Waals surface area contributed by atoms with Crippen LogP contribution in [0.5, 0.6) is 0 Å². The average Bonchev–Trinajstić information content (AvgIpc) is 2.85. The van der Waals surface area contributed by atoms with E-state index in [1.807, 2.05) is 36.0 Å². The Morgan fingerprint density at radius 1 is 1.21 bits per heavy atom. The first-order valence-corrected chi connectivity index (χ1v) is 6.83. The molecule has 4 nitrogen and oxygen atoms in total. The number of para-hydroxylation sites is 1. The summed E-state index contributed by atoms with van der Waals surface area (Å²) in [5.41, 5.74) is 4.13. The SMILES string of the molecule is CNCc1ccc(-n2nnc3ccccc32)cc1Br. The Morgan fingerprint density at radius 2 is 2.05 bits per heavy atom. The van der Waals surface area contributed by atoms with Crippen molar-refractivity contribution in [3.8, 4) is 5.69 Å². The fraction of sp³-hybridized carbons (Fsp3) is 0.143. The Bertz CT molecular complexity index is 720. The minimum atomic E-state index is 0.832. The molecular weight excluding hydrogens is 304 g/mol. The first-order valence-electron chi connectivity index (χ1n) is 6.03. The summed E-state index contributed by atoms with van der Waals surface area (Å²) in [7, 11) is 1.94. The molecule has 5 heteroatoms. The molecule has 0 radical (unpaired) electrons. The normalized spacial score (nSPS) is 11.1. The van der Waals surface area contributed by atoms with Gasteiger partial charge in [-0.05, 0) is 36.9 Å². The zero-order valence-corrected chi connectivity index (χ0v) is 12.1. The molecule has 0 spiro atoms. The van der Waals surface area contributed by atoms with Crippen molar-refractivity contribution in [2.75, 3.05) is 7.05 Å². The summed E-state index contributed by atoms with van der Waals surface area (Å²) in [5, 5.41) is 11.5. The van der Waals surface area contributed by atoms with Gasteiger partial charge in [-0.1, -0.05) is 39.3 Å². The van der Waals surface area contributed by atoms with Crippen LogP contribution in [-0.2, 0) is 6.54 Å². The number of fused-ring (bicyclic) bond motifs is 1. The number of rotatable bonds is 3. The van der Waals surface area contributed by atoms with Gasteiger partial charge >= 0.3 is 0 Å². The number of benzene rings is 2. The van der Waals surface area contributed by atoms with Crippen LogP contribution in [0.3, 0.4) is 0 Å². The Labute approximate surface area is 119 Å². The molecule has 0 unspecified atom stereocenters. The lowest BCUT2D eigenvalue weighted by molar-refractivity contribution is 0.805. The molecule has 0 aliphatic rings. The maximum atomic E-state index is 4.21. The first kappa shape index (κ1) is 12.3. The van der Waals surface area contributed by atoms with Gasteiger partial charge in [0.1, 0.15) is 5.52 Å². The number of aromatic nitrogens is 3. The molecule has 3 aromatic rings. The quantitative estimate of drug-likeness (QED) is 0.808. The molecule has 0 fully saturated rings. The number of nitrogens with zero attached hydrogens (tertiary/aromatic N) is 3. The maximum absolute atomic E-state index is 4.21. The van der Waals surface area contributed by atoms with Gasteiger partial charge in [0.2, 0.25) is 0 Å². The molecule has 1 aromatic heterocycles. The third-order valence-electron chi connectivity index (χ3n) is 3.00. The van der Waals surface area contributed by atoms with Gasteiger partial charge in [0.05, 0.1) is 11.2 Å². The Hall–Kier alpha value is -1.72. The molecule has 2 aromatic carbocycles. The summed E-state index contributed by atoms with van der Waals surface area (Å²) in [4.78, 5) is 0. The van der Waals surface area contributed by atoms with Crippen molar-refractivity contribution >= 4 is 27.0 Å². The highest BCUT2D eigenvalue weighted by molar-refractivity contribution is 9.10. The van der Waals surface area contributed by atoms with Gasteiger partial charge in [-0.3, -0.25) is 0 Å². The van der Waals surface area contributed by atoms with Crippen molar-refractivity contribution < 1.29 is 0 Å². The molecule has 1 heterocycles. The molecular formula is C14H13BrN4. The number of hydrogen-bond acceptors (Lipinski definition) is 3. The summed E-state index contributed by atoms with van der Waals surface area (Å²) < 4.78 is 2.92. The zero-order chi connectivity index (χ0) is 13.2. The van der Waals surface area contributed by atoms with E-state index in [9.17, 15) is 0 Å². The van der Waals surface area contributed by atoms with Crippen LogP contribution in [0.2, 0.25) is 0 Å². The van der Waals surface area contributed by atoms with E-state index in [1.54, 1.807) is 0 Å². The van der Waals surface area contributed by atoms with E-state index in [2.05, 4.69) is 49.8 Å². The lowest BCUT2D eigenvalue weighted by atomic mass is 10.2. The highest BCUT2D eigenvalue weighted by Crippen LogP contribution is 2.22. The molecule has 0 saturated heterocycles. The van der Waals surface area contributed by atoms with E-state index < -0.39 is 0 Å². The molecule has 0 aliphatic heterocycles. The molecule has 0 bridgehead atoms. The zero-order valence-electron chi connectivity index (χ0n) is 10.5. The minimum Gasteiger partial charge on any atom is -0.316 e. The first-order chi connectivity index (χ1) is 9.29. The molecule has 3 rings (SSSR count). The summed E-state index contributed by atoms with van der Waals surface area (Å²) in [6.07, 6.45) is 0. The van der Waals surface area contributed by atoms with Gasteiger partial charge in [-0.25, -0.2) is 4.68 Å². The monoisotopic (exact) mass is 316 g/mol. The van der Waals surface area contributed by atoms with E-state index in [1.165, 1.54) is 5.56 Å². The Morgan fingerprint density at radius 3 is 2.84 bits per heavy atom. The third-order valence-corrected chi connectivity index (χ3v) is 3.74. The average molecular weight is 317 g/mol. The molecule has 0 amide bonds. The predicted molar refractivity (Wildman–Crippen MR) is 79.3 cm³/mol. The van der Waals surface area contributed by atoms with Crippen LogP contribution in [0.25, 0.3) is 16.7 Å². The van der Waals surface area contributed by atoms with Crippen LogP contribution in [0.15, 0.2) is 46.9 Å². The number of halogens is 1. The Kier molecular flexibility index (Phi) is 3.31. The van der Waals surface area contributed by atoms with E-state index in [0.29, 0.717) is 0 Å². The van der Waals surface area contributed by atoms with Crippen molar-refractivity contribution in [3.63, 3.8) is 0 Å². The smallest absolute Gasteiger partial charge is 0.113 e. The number of nitrogens with one attached hydrogen (secondary N) is 1. The maximum Gasteiger partial charge on any atom is 0.113 e. The van der Waals surface area contributed by atoms with Crippen molar-refractivity contribution in [2.24, 2.45) is 0 Å². The lowest BCUT2D eigenvalue weighted by Crippen LogP contribution is -2.06. The predicted octanol–water partition coefficient (Wildman–Crippen LogP) is 2.90. The fourth-order valence-corrected chi connectivity index (χ4v) is 2.57. The largest absolute Gasteiger partial charge is 0.316 e. The minimum absolute atomic E-state index is 0.832. The second kappa shape index (κ2) is 5.11. The number of hydrogen-bond donors (Lipinski definition) is 1. The summed E-state index contributed by atoms with van der Waals surface area (Å²) in [6, 6.07) is 14.1. The summed E-state index contributed by atoms with van der Waals surface area (Å²) in [5.74, 6) is 0. The van der Waals surface area contributed by atoms with Gasteiger partial charge in [0, 0.05) is 11.0 Å². The third kappa shape index (κ3) is 2.27. The van der Waals surface area contributed by atoms with E-state index >= 15 is 0 Å². The second-order valence-corrected chi connectivity index (χ2v) is 5.15. The standard InChI is InChI=1S/C14H13BrN4/c1-16-9-10-6-7-11(8-12(10)15)19-14-5-3-2-4-13(14)17-18-19/h2-8,16H,9H2,1H3. The van der Waals surface area contributed by atoms with E-state index in [-0.39, 0.29) is 0 Å². The van der Waals surface area contributed by atoms with Crippen LogP contribution in [0.4, 0.5) is 0 Å². The fourth-order valence-electron chi connectivity index (χ4n) is 2.06. The highest BCUT2D eigenvalue weighted by atomic mass is 79.9. The highest BCUT2D eigenvalue weighted by Gasteiger charge is 2.07. The van der Waals surface area contributed by atoms with Gasteiger partial charge < -0.3 is 5.32 Å². The van der Waals surface area contributed by atoms with Gasteiger partial charge in [0.25, 0.3) is 0 Å². The molecule has 1 N–H and O–H groups in total. The molecule has 0 saturated carbocycles. The van der Waals surface area contributed by atoms with Crippen LogP contribution in [-0.4, -0.2) is 22.0 Å².